The van der Waals surface area contributed by atoms with Gasteiger partial charge in [0.2, 0.25) is 0 Å². The summed E-state index contributed by atoms with van der Waals surface area (Å²) in [4.78, 5) is 17.8. The van der Waals surface area contributed by atoms with E-state index >= 15 is 0 Å². The predicted octanol–water partition coefficient (Wildman–Crippen LogP) is 5.34. The molecular weight excluding hydrogens is 480 g/mol. The molecule has 1 fully saturated rings. The van der Waals surface area contributed by atoms with Crippen LogP contribution in [-0.4, -0.2) is 36.9 Å². The van der Waals surface area contributed by atoms with Crippen LogP contribution in [0.15, 0.2) is 30.5 Å². The minimum atomic E-state index is -4.50. The molecule has 2 atom stereocenters. The molecule has 0 saturated carbocycles. The molecule has 0 spiro atoms. The van der Waals surface area contributed by atoms with Crippen LogP contribution in [0.4, 0.5) is 23.7 Å². The molecule has 174 valence electrons. The van der Waals surface area contributed by atoms with Crippen molar-refractivity contribution in [2.75, 3.05) is 24.6 Å². The van der Waals surface area contributed by atoms with Crippen molar-refractivity contribution in [3.05, 3.63) is 57.3 Å². The van der Waals surface area contributed by atoms with Gasteiger partial charge in [-0.15, -0.1) is 0 Å². The Kier molecular flexibility index (Phi) is 6.34. The van der Waals surface area contributed by atoms with Crippen molar-refractivity contribution < 1.29 is 22.7 Å². The third-order valence-electron chi connectivity index (χ3n) is 6.17. The Hall–Kier alpha value is -2.70. The number of nitriles is 1. The van der Waals surface area contributed by atoms with Gasteiger partial charge in [0, 0.05) is 23.1 Å². The van der Waals surface area contributed by atoms with Crippen LogP contribution in [0.25, 0.3) is 0 Å². The van der Waals surface area contributed by atoms with Crippen LogP contribution in [0.5, 0.6) is 0 Å². The first-order valence-electron chi connectivity index (χ1n) is 10.2. The highest BCUT2D eigenvalue weighted by molar-refractivity contribution is 6.34. The lowest BCUT2D eigenvalue weighted by Crippen LogP contribution is -2.44. The maximum atomic E-state index is 14.3. The number of pyridine rings is 1. The summed E-state index contributed by atoms with van der Waals surface area (Å²) in [5, 5.41) is 11.5. The summed E-state index contributed by atoms with van der Waals surface area (Å²) in [6.07, 6.45) is -2.63. The molecule has 2 aromatic rings. The number of benzene rings is 1. The van der Waals surface area contributed by atoms with Crippen LogP contribution in [0.1, 0.15) is 35.7 Å². The Morgan fingerprint density at radius 1 is 1.30 bits per heavy atom. The maximum Gasteiger partial charge on any atom is 0.408 e. The van der Waals surface area contributed by atoms with Crippen molar-refractivity contribution in [1.82, 2.24) is 10.3 Å². The number of hydrogen-bond acceptors (Lipinski definition) is 5. The number of carbonyl (C=O) groups is 1. The van der Waals surface area contributed by atoms with Gasteiger partial charge in [0.15, 0.2) is 6.61 Å². The van der Waals surface area contributed by atoms with E-state index in [1.807, 2.05) is 6.07 Å². The Labute approximate surface area is 198 Å². The SMILES string of the molecule is N#CCOC(=O)NC1CCc2cc(N3CCC(c4cc(Cl)cc(Cl)c4)(C(F)(F)F)C3)cnc21. The van der Waals surface area contributed by atoms with Crippen LogP contribution >= 0.6 is 23.2 Å². The molecule has 2 aliphatic rings. The largest absolute Gasteiger partial charge is 0.434 e. The summed E-state index contributed by atoms with van der Waals surface area (Å²) in [6, 6.07) is 7.23. The lowest BCUT2D eigenvalue weighted by Gasteiger charge is -2.33. The van der Waals surface area contributed by atoms with Gasteiger partial charge in [-0.2, -0.15) is 18.4 Å². The lowest BCUT2D eigenvalue weighted by atomic mass is 9.79. The van der Waals surface area contributed by atoms with E-state index in [9.17, 15) is 18.0 Å². The summed E-state index contributed by atoms with van der Waals surface area (Å²) in [5.74, 6) is 0. The molecule has 1 N–H and O–H groups in total. The Bertz CT molecular complexity index is 1100. The minimum Gasteiger partial charge on any atom is -0.434 e. The van der Waals surface area contributed by atoms with Crippen LogP contribution in [0.2, 0.25) is 10.0 Å². The van der Waals surface area contributed by atoms with E-state index in [2.05, 4.69) is 10.3 Å². The fourth-order valence-corrected chi connectivity index (χ4v) is 5.07. The van der Waals surface area contributed by atoms with Gasteiger partial charge in [-0.3, -0.25) is 4.98 Å². The normalized spacial score (nSPS) is 22.1. The average molecular weight is 499 g/mol. The van der Waals surface area contributed by atoms with Crippen molar-refractivity contribution in [1.29, 1.82) is 5.26 Å². The highest BCUT2D eigenvalue weighted by Crippen LogP contribution is 2.49. The first-order valence-corrected chi connectivity index (χ1v) is 11.0. The Balaban J connectivity index is 1.56. The monoisotopic (exact) mass is 498 g/mol. The fourth-order valence-electron chi connectivity index (χ4n) is 4.55. The van der Waals surface area contributed by atoms with Crippen LogP contribution in [-0.2, 0) is 16.6 Å². The van der Waals surface area contributed by atoms with Crippen LogP contribution < -0.4 is 10.2 Å². The molecule has 1 aliphatic carbocycles. The summed E-state index contributed by atoms with van der Waals surface area (Å²) < 4.78 is 47.7. The molecule has 1 aromatic carbocycles. The van der Waals surface area contributed by atoms with E-state index in [1.54, 1.807) is 11.0 Å². The molecule has 1 saturated heterocycles. The second kappa shape index (κ2) is 8.92. The highest BCUT2D eigenvalue weighted by atomic mass is 35.5. The molecule has 1 aliphatic heterocycles. The fraction of sp³-hybridized carbons (Fsp3) is 0.409. The van der Waals surface area contributed by atoms with E-state index in [-0.39, 0.29) is 47.8 Å². The van der Waals surface area contributed by atoms with Crippen molar-refractivity contribution in [2.45, 2.75) is 36.9 Å². The number of anilines is 1. The molecule has 33 heavy (non-hydrogen) atoms. The van der Waals surface area contributed by atoms with Gasteiger partial charge in [-0.05, 0) is 54.7 Å². The quantitative estimate of drug-likeness (QED) is 0.615. The number of carbonyl (C=O) groups excluding carboxylic acids is 1. The number of alkyl halides is 3. The number of nitrogens with one attached hydrogen (secondary N) is 1. The number of hydrogen-bond donors (Lipinski definition) is 1. The van der Waals surface area contributed by atoms with Crippen LogP contribution in [0.3, 0.4) is 0 Å². The van der Waals surface area contributed by atoms with Gasteiger partial charge in [0.25, 0.3) is 0 Å². The Morgan fingerprint density at radius 2 is 2.03 bits per heavy atom. The number of halogens is 5. The van der Waals surface area contributed by atoms with E-state index in [0.29, 0.717) is 24.2 Å². The molecule has 1 amide bonds. The number of alkyl carbamates (subject to hydrolysis) is 1. The van der Waals surface area contributed by atoms with Gasteiger partial charge >= 0.3 is 12.3 Å². The molecule has 6 nitrogen and oxygen atoms in total. The molecule has 4 rings (SSSR count). The topological polar surface area (TPSA) is 78.2 Å². The maximum absolute atomic E-state index is 14.3. The zero-order valence-electron chi connectivity index (χ0n) is 17.3. The number of aromatic nitrogens is 1. The molecule has 11 heteroatoms. The zero-order chi connectivity index (χ0) is 23.8. The third-order valence-corrected chi connectivity index (χ3v) is 6.61. The molecule has 1 aromatic heterocycles. The van der Waals surface area contributed by atoms with Crippen molar-refractivity contribution in [3.63, 3.8) is 0 Å². The van der Waals surface area contributed by atoms with Crippen LogP contribution in [0, 0.1) is 11.3 Å². The summed E-state index contributed by atoms with van der Waals surface area (Å²) in [6.45, 7) is -0.451. The average Bonchev–Trinajstić information content (AvgIpc) is 3.37. The van der Waals surface area contributed by atoms with E-state index in [4.69, 9.17) is 33.2 Å². The standard InChI is InChI=1S/C22H19Cl2F3N4O2/c23-15-8-14(9-16(24)10-15)21(22(25,26)27)3-5-31(12-21)17-7-13-1-2-18(19(13)29-11-17)30-20(32)33-6-4-28/h7-11,18H,1-3,5-6,12H2,(H,30,32). The second-order valence-corrected chi connectivity index (χ2v) is 8.99. The van der Waals surface area contributed by atoms with Gasteiger partial charge in [-0.1, -0.05) is 23.2 Å². The molecule has 2 unspecified atom stereocenters. The third kappa shape index (κ3) is 4.55. The molecule has 2 heterocycles. The molecule has 0 radical (unpaired) electrons. The number of rotatable bonds is 4. The van der Waals surface area contributed by atoms with E-state index in [0.717, 1.165) is 5.56 Å². The van der Waals surface area contributed by atoms with Gasteiger partial charge < -0.3 is 15.0 Å². The lowest BCUT2D eigenvalue weighted by molar-refractivity contribution is -0.184. The Morgan fingerprint density at radius 3 is 2.70 bits per heavy atom. The van der Waals surface area contributed by atoms with E-state index in [1.165, 1.54) is 24.4 Å². The number of aryl methyl sites for hydroxylation is 1. The summed E-state index contributed by atoms with van der Waals surface area (Å²) in [7, 11) is 0. The first kappa shape index (κ1) is 23.5. The summed E-state index contributed by atoms with van der Waals surface area (Å²) in [5.41, 5.74) is 0.0312. The number of amides is 1. The summed E-state index contributed by atoms with van der Waals surface area (Å²) >= 11 is 12.0. The first-order chi connectivity index (χ1) is 15.6. The number of nitrogens with zero attached hydrogens (tertiary/aromatic N) is 3. The van der Waals surface area contributed by atoms with Crippen molar-refractivity contribution in [2.24, 2.45) is 0 Å². The van der Waals surface area contributed by atoms with Gasteiger partial charge in [0.05, 0.1) is 23.6 Å². The van der Waals surface area contributed by atoms with E-state index < -0.39 is 17.7 Å². The second-order valence-electron chi connectivity index (χ2n) is 8.12. The highest BCUT2D eigenvalue weighted by Gasteiger charge is 2.59. The number of fused-ring (bicyclic) bond motifs is 1. The molecular formula is C22H19Cl2F3N4O2. The minimum absolute atomic E-state index is 0.0456. The zero-order valence-corrected chi connectivity index (χ0v) is 18.8. The predicted molar refractivity (Wildman–Crippen MR) is 116 cm³/mol. The number of ether oxygens (including phenoxy) is 1. The van der Waals surface area contributed by atoms with Gasteiger partial charge in [0.1, 0.15) is 11.5 Å². The van der Waals surface area contributed by atoms with Crippen molar-refractivity contribution >= 4 is 35.0 Å². The van der Waals surface area contributed by atoms with Crippen molar-refractivity contribution in [3.8, 4) is 6.07 Å². The molecule has 0 bridgehead atoms. The smallest absolute Gasteiger partial charge is 0.408 e. The van der Waals surface area contributed by atoms with Gasteiger partial charge in [-0.25, -0.2) is 4.79 Å².